The molecule has 0 radical (unpaired) electrons. The third kappa shape index (κ3) is 7.46. The van der Waals surface area contributed by atoms with Crippen LogP contribution in [0.15, 0.2) is 114 Å². The second kappa shape index (κ2) is 14.1. The fourth-order valence-electron chi connectivity index (χ4n) is 5.06. The Morgan fingerprint density at radius 1 is 0.929 bits per heavy atom. The number of carbonyl (C=O) groups excluding carboxylic acids is 1. The van der Waals surface area contributed by atoms with Gasteiger partial charge in [0.25, 0.3) is 0 Å². The molecular formula is C33H36N4O3S2. The zero-order valence-electron chi connectivity index (χ0n) is 23.7. The summed E-state index contributed by atoms with van der Waals surface area (Å²) in [5, 5.41) is 2.36. The SMILES string of the molecule is CN(CCc1ccccn1)CCC(NC(=O)C1SCCN1S(=O)(=O)c1ccc(-c2ccccc2)cc1)c1ccccc1. The van der Waals surface area contributed by atoms with Crippen LogP contribution in [0.4, 0.5) is 0 Å². The molecule has 3 aromatic carbocycles. The number of thioether (sulfide) groups is 1. The summed E-state index contributed by atoms with van der Waals surface area (Å²) in [6, 6.07) is 32.3. The Bertz CT molecular complexity index is 1540. The molecule has 0 spiro atoms. The molecule has 7 nitrogen and oxygen atoms in total. The van der Waals surface area contributed by atoms with Crippen LogP contribution in [0.2, 0.25) is 0 Å². The molecule has 1 amide bonds. The van der Waals surface area contributed by atoms with Gasteiger partial charge in [0.1, 0.15) is 5.37 Å². The first-order valence-corrected chi connectivity index (χ1v) is 16.6. The quantitative estimate of drug-likeness (QED) is 0.240. The number of hydrogen-bond acceptors (Lipinski definition) is 6. The van der Waals surface area contributed by atoms with Crippen LogP contribution in [0.25, 0.3) is 11.1 Å². The van der Waals surface area contributed by atoms with Gasteiger partial charge in [0.2, 0.25) is 15.9 Å². The largest absolute Gasteiger partial charge is 0.347 e. The van der Waals surface area contributed by atoms with Crippen LogP contribution in [0.1, 0.15) is 23.7 Å². The fourth-order valence-corrected chi connectivity index (χ4v) is 8.14. The molecule has 0 saturated carbocycles. The molecule has 2 heterocycles. The molecule has 1 N–H and O–H groups in total. The lowest BCUT2D eigenvalue weighted by atomic mass is 10.0. The number of benzene rings is 3. The van der Waals surface area contributed by atoms with Crippen LogP contribution in [-0.2, 0) is 21.2 Å². The highest BCUT2D eigenvalue weighted by molar-refractivity contribution is 8.02. The smallest absolute Gasteiger partial charge is 0.249 e. The molecule has 42 heavy (non-hydrogen) atoms. The van der Waals surface area contributed by atoms with Gasteiger partial charge in [-0.3, -0.25) is 9.78 Å². The molecule has 0 bridgehead atoms. The first-order chi connectivity index (χ1) is 20.4. The van der Waals surface area contributed by atoms with Crippen LogP contribution in [0.3, 0.4) is 0 Å². The molecule has 5 rings (SSSR count). The lowest BCUT2D eigenvalue weighted by Crippen LogP contribution is -2.46. The minimum Gasteiger partial charge on any atom is -0.347 e. The number of sulfonamides is 1. The van der Waals surface area contributed by atoms with Crippen LogP contribution >= 0.6 is 11.8 Å². The Morgan fingerprint density at radius 2 is 1.60 bits per heavy atom. The van der Waals surface area contributed by atoms with Gasteiger partial charge in [0, 0.05) is 43.7 Å². The zero-order chi connectivity index (χ0) is 29.4. The molecule has 1 aliphatic heterocycles. The van der Waals surface area contributed by atoms with E-state index < -0.39 is 15.4 Å². The summed E-state index contributed by atoms with van der Waals surface area (Å²) >= 11 is 1.36. The lowest BCUT2D eigenvalue weighted by Gasteiger charge is -2.27. The van der Waals surface area contributed by atoms with Crippen molar-refractivity contribution in [2.24, 2.45) is 0 Å². The van der Waals surface area contributed by atoms with Gasteiger partial charge < -0.3 is 10.2 Å². The number of likely N-dealkylation sites (N-methyl/N-ethyl adjacent to an activating group) is 1. The third-order valence-electron chi connectivity index (χ3n) is 7.44. The number of rotatable bonds is 12. The summed E-state index contributed by atoms with van der Waals surface area (Å²) in [7, 11) is -1.79. The molecule has 2 unspecified atom stereocenters. The van der Waals surface area contributed by atoms with Gasteiger partial charge in [-0.25, -0.2) is 8.42 Å². The summed E-state index contributed by atoms with van der Waals surface area (Å²) in [5.41, 5.74) is 4.00. The number of nitrogens with one attached hydrogen (secondary N) is 1. The van der Waals surface area contributed by atoms with Crippen molar-refractivity contribution in [3.8, 4) is 11.1 Å². The average molecular weight is 601 g/mol. The Morgan fingerprint density at radius 3 is 2.29 bits per heavy atom. The van der Waals surface area contributed by atoms with Crippen molar-refractivity contribution in [1.29, 1.82) is 0 Å². The topological polar surface area (TPSA) is 82.6 Å². The maximum atomic E-state index is 13.7. The number of hydrogen-bond donors (Lipinski definition) is 1. The van der Waals surface area contributed by atoms with E-state index in [0.717, 1.165) is 41.9 Å². The third-order valence-corrected chi connectivity index (χ3v) is 10.6. The number of nitrogens with zero attached hydrogens (tertiary/aromatic N) is 3. The van der Waals surface area contributed by atoms with Crippen molar-refractivity contribution < 1.29 is 13.2 Å². The van der Waals surface area contributed by atoms with Crippen LogP contribution < -0.4 is 5.32 Å². The van der Waals surface area contributed by atoms with Gasteiger partial charge >= 0.3 is 0 Å². The molecule has 1 saturated heterocycles. The van der Waals surface area contributed by atoms with Gasteiger partial charge in [-0.2, -0.15) is 4.31 Å². The van der Waals surface area contributed by atoms with Crippen molar-refractivity contribution in [3.05, 3.63) is 121 Å². The van der Waals surface area contributed by atoms with E-state index in [0.29, 0.717) is 12.2 Å². The zero-order valence-corrected chi connectivity index (χ0v) is 25.3. The summed E-state index contributed by atoms with van der Waals surface area (Å²) in [6.07, 6.45) is 3.34. The minimum atomic E-state index is -3.85. The number of aromatic nitrogens is 1. The van der Waals surface area contributed by atoms with E-state index in [1.165, 1.54) is 16.1 Å². The molecule has 1 fully saturated rings. The van der Waals surface area contributed by atoms with E-state index in [2.05, 4.69) is 22.2 Å². The van der Waals surface area contributed by atoms with Crippen molar-refractivity contribution in [3.63, 3.8) is 0 Å². The minimum absolute atomic E-state index is 0.191. The molecule has 0 aliphatic carbocycles. The first-order valence-electron chi connectivity index (χ1n) is 14.1. The predicted molar refractivity (Wildman–Crippen MR) is 169 cm³/mol. The summed E-state index contributed by atoms with van der Waals surface area (Å²) in [5.74, 6) is 0.276. The molecule has 4 aromatic rings. The molecule has 9 heteroatoms. The Labute approximate surface area is 253 Å². The average Bonchev–Trinajstić information content (AvgIpc) is 3.55. The van der Waals surface area contributed by atoms with Crippen molar-refractivity contribution in [1.82, 2.24) is 19.5 Å². The monoisotopic (exact) mass is 600 g/mol. The molecule has 1 aromatic heterocycles. The van der Waals surface area contributed by atoms with Crippen LogP contribution in [0.5, 0.6) is 0 Å². The number of carbonyl (C=O) groups is 1. The van der Waals surface area contributed by atoms with E-state index in [1.54, 1.807) is 18.3 Å². The first kappa shape index (κ1) is 30.0. The standard InChI is InChI=1S/C33H36N4O3S2/c1-36(22-19-29-14-8-9-21-34-29)23-20-31(28-12-6-3-7-13-28)35-32(38)33-37(24-25-41-33)42(39,40)30-17-15-27(16-18-30)26-10-4-2-5-11-26/h2-18,21,31,33H,19-20,22-25H2,1H3,(H,35,38). The van der Waals surface area contributed by atoms with Crippen LogP contribution in [0, 0.1) is 0 Å². The predicted octanol–water partition coefficient (Wildman–Crippen LogP) is 5.23. The maximum Gasteiger partial charge on any atom is 0.249 e. The van der Waals surface area contributed by atoms with E-state index in [9.17, 15) is 13.2 Å². The van der Waals surface area contributed by atoms with E-state index in [4.69, 9.17) is 0 Å². The van der Waals surface area contributed by atoms with Crippen molar-refractivity contribution in [2.75, 3.05) is 32.4 Å². The van der Waals surface area contributed by atoms with E-state index in [1.807, 2.05) is 91.0 Å². The molecule has 2 atom stereocenters. The molecular weight excluding hydrogens is 565 g/mol. The van der Waals surface area contributed by atoms with Gasteiger partial charge in [0.05, 0.1) is 10.9 Å². The maximum absolute atomic E-state index is 13.7. The van der Waals surface area contributed by atoms with E-state index in [-0.39, 0.29) is 23.4 Å². The normalized spacial score (nSPS) is 16.4. The highest BCUT2D eigenvalue weighted by Gasteiger charge is 2.40. The second-order valence-electron chi connectivity index (χ2n) is 10.4. The number of pyridine rings is 1. The Hall–Kier alpha value is -3.50. The number of amides is 1. The Kier molecular flexibility index (Phi) is 10.1. The highest BCUT2D eigenvalue weighted by atomic mass is 32.2. The second-order valence-corrected chi connectivity index (χ2v) is 13.4. The fraction of sp³-hybridized carbons (Fsp3) is 0.273. The van der Waals surface area contributed by atoms with E-state index >= 15 is 0 Å². The summed E-state index contributed by atoms with van der Waals surface area (Å²) in [4.78, 5) is 20.5. The van der Waals surface area contributed by atoms with Crippen molar-refractivity contribution >= 4 is 27.7 Å². The van der Waals surface area contributed by atoms with Gasteiger partial charge in [-0.15, -0.1) is 11.8 Å². The van der Waals surface area contributed by atoms with Gasteiger partial charge in [-0.1, -0.05) is 78.9 Å². The summed E-state index contributed by atoms with van der Waals surface area (Å²) < 4.78 is 28.7. The van der Waals surface area contributed by atoms with Gasteiger partial charge in [-0.05, 0) is 54.4 Å². The lowest BCUT2D eigenvalue weighted by molar-refractivity contribution is -0.123. The molecule has 218 valence electrons. The Balaban J connectivity index is 1.25. The summed E-state index contributed by atoms with van der Waals surface area (Å²) in [6.45, 7) is 1.90. The van der Waals surface area contributed by atoms with Crippen LogP contribution in [-0.4, -0.2) is 66.3 Å². The highest BCUT2D eigenvalue weighted by Crippen LogP contribution is 2.32. The van der Waals surface area contributed by atoms with Gasteiger partial charge in [0.15, 0.2) is 0 Å². The molecule has 1 aliphatic rings. The van der Waals surface area contributed by atoms with Crippen molar-refractivity contribution in [2.45, 2.75) is 29.2 Å².